The van der Waals surface area contributed by atoms with E-state index in [4.69, 9.17) is 9.47 Å². The minimum Gasteiger partial charge on any atom is -0.497 e. The highest BCUT2D eigenvalue weighted by atomic mass is 16.5. The van der Waals surface area contributed by atoms with E-state index in [0.717, 1.165) is 11.3 Å². The molecule has 2 amide bonds. The topological polar surface area (TPSA) is 67.9 Å². The van der Waals surface area contributed by atoms with Crippen LogP contribution in [0.15, 0.2) is 42.5 Å². The molecule has 1 aliphatic rings. The van der Waals surface area contributed by atoms with Crippen LogP contribution in [0.25, 0.3) is 0 Å². The zero-order valence-electron chi connectivity index (χ0n) is 15.1. The highest BCUT2D eigenvalue weighted by Gasteiger charge is 2.35. The summed E-state index contributed by atoms with van der Waals surface area (Å²) in [6.45, 7) is 2.35. The van der Waals surface area contributed by atoms with Gasteiger partial charge in [-0.05, 0) is 31.2 Å². The fourth-order valence-electron chi connectivity index (χ4n) is 3.00. The van der Waals surface area contributed by atoms with Crippen molar-refractivity contribution in [3.63, 3.8) is 0 Å². The van der Waals surface area contributed by atoms with Crippen LogP contribution in [0.2, 0.25) is 0 Å². The molecule has 1 fully saturated rings. The number of amides is 2. The molecule has 0 aromatic heterocycles. The SMILES string of the molecule is COc1ccc(OC)c(NC(=O)[C@@H]2CC(=O)N(c3ccc(C)cc3)C2)c1. The third kappa shape index (κ3) is 3.64. The first-order chi connectivity index (χ1) is 12.5. The van der Waals surface area contributed by atoms with E-state index in [2.05, 4.69) is 5.32 Å². The van der Waals surface area contributed by atoms with Crippen molar-refractivity contribution < 1.29 is 19.1 Å². The van der Waals surface area contributed by atoms with Crippen molar-refractivity contribution in [3.8, 4) is 11.5 Å². The summed E-state index contributed by atoms with van der Waals surface area (Å²) >= 11 is 0. The lowest BCUT2D eigenvalue weighted by Gasteiger charge is -2.17. The maximum atomic E-state index is 12.7. The van der Waals surface area contributed by atoms with Gasteiger partial charge in [0.15, 0.2) is 0 Å². The third-order valence-corrected chi connectivity index (χ3v) is 4.51. The normalized spacial score (nSPS) is 16.5. The van der Waals surface area contributed by atoms with Gasteiger partial charge in [-0.2, -0.15) is 0 Å². The van der Waals surface area contributed by atoms with Gasteiger partial charge in [-0.3, -0.25) is 9.59 Å². The van der Waals surface area contributed by atoms with Crippen LogP contribution in [0.1, 0.15) is 12.0 Å². The summed E-state index contributed by atoms with van der Waals surface area (Å²) in [6.07, 6.45) is 0.187. The number of hydrogen-bond donors (Lipinski definition) is 1. The zero-order chi connectivity index (χ0) is 18.7. The van der Waals surface area contributed by atoms with E-state index in [-0.39, 0.29) is 18.2 Å². The molecule has 0 unspecified atom stereocenters. The quantitative estimate of drug-likeness (QED) is 0.896. The molecule has 2 aromatic rings. The van der Waals surface area contributed by atoms with Crippen molar-refractivity contribution in [1.29, 1.82) is 0 Å². The predicted molar refractivity (Wildman–Crippen MR) is 99.8 cm³/mol. The van der Waals surface area contributed by atoms with Gasteiger partial charge in [-0.25, -0.2) is 0 Å². The minimum absolute atomic E-state index is 0.0494. The second-order valence-electron chi connectivity index (χ2n) is 6.30. The number of rotatable bonds is 5. The molecule has 0 aliphatic carbocycles. The maximum Gasteiger partial charge on any atom is 0.229 e. The summed E-state index contributed by atoms with van der Waals surface area (Å²) in [5.74, 6) is 0.481. The molecule has 1 saturated heterocycles. The highest BCUT2D eigenvalue weighted by molar-refractivity contribution is 6.04. The van der Waals surface area contributed by atoms with E-state index in [1.165, 1.54) is 7.11 Å². The zero-order valence-corrected chi connectivity index (χ0v) is 15.1. The average molecular weight is 354 g/mol. The number of nitrogens with zero attached hydrogens (tertiary/aromatic N) is 1. The van der Waals surface area contributed by atoms with Crippen LogP contribution >= 0.6 is 0 Å². The molecule has 2 aromatic carbocycles. The average Bonchev–Trinajstić information content (AvgIpc) is 3.04. The predicted octanol–water partition coefficient (Wildman–Crippen LogP) is 3.00. The van der Waals surface area contributed by atoms with Crippen molar-refractivity contribution in [2.75, 3.05) is 31.0 Å². The molecular weight excluding hydrogens is 332 g/mol. The number of benzene rings is 2. The number of carbonyl (C=O) groups is 2. The Labute approximate surface area is 152 Å². The van der Waals surface area contributed by atoms with Gasteiger partial charge in [0.05, 0.1) is 25.8 Å². The van der Waals surface area contributed by atoms with Gasteiger partial charge < -0.3 is 19.7 Å². The Hall–Kier alpha value is -3.02. The van der Waals surface area contributed by atoms with E-state index < -0.39 is 5.92 Å². The highest BCUT2D eigenvalue weighted by Crippen LogP contribution is 2.31. The molecule has 1 atom stereocenters. The second-order valence-corrected chi connectivity index (χ2v) is 6.30. The molecule has 3 rings (SSSR count). The Bertz CT molecular complexity index is 817. The molecule has 1 N–H and O–H groups in total. The van der Waals surface area contributed by atoms with Crippen LogP contribution in [0.3, 0.4) is 0 Å². The number of aryl methyl sites for hydroxylation is 1. The summed E-state index contributed by atoms with van der Waals surface area (Å²) in [6, 6.07) is 12.9. The monoisotopic (exact) mass is 354 g/mol. The molecule has 6 heteroatoms. The lowest BCUT2D eigenvalue weighted by Crippen LogP contribution is -2.28. The molecule has 6 nitrogen and oxygen atoms in total. The Morgan fingerprint density at radius 2 is 1.85 bits per heavy atom. The Balaban J connectivity index is 1.73. The molecule has 136 valence electrons. The Morgan fingerprint density at radius 3 is 2.50 bits per heavy atom. The van der Waals surface area contributed by atoms with Crippen molar-refractivity contribution in [3.05, 3.63) is 48.0 Å². The van der Waals surface area contributed by atoms with Crippen LogP contribution in [0, 0.1) is 12.8 Å². The van der Waals surface area contributed by atoms with Crippen LogP contribution < -0.4 is 19.7 Å². The van der Waals surface area contributed by atoms with E-state index in [1.54, 1.807) is 30.2 Å². The summed E-state index contributed by atoms with van der Waals surface area (Å²) in [7, 11) is 3.10. The van der Waals surface area contributed by atoms with Crippen molar-refractivity contribution in [2.24, 2.45) is 5.92 Å². The van der Waals surface area contributed by atoms with Gasteiger partial charge in [0, 0.05) is 24.7 Å². The number of methoxy groups -OCH3 is 2. The van der Waals surface area contributed by atoms with Gasteiger partial charge in [0.25, 0.3) is 0 Å². The summed E-state index contributed by atoms with van der Waals surface area (Å²) in [5.41, 5.74) is 2.47. The van der Waals surface area contributed by atoms with Gasteiger partial charge in [-0.1, -0.05) is 17.7 Å². The van der Waals surface area contributed by atoms with E-state index in [9.17, 15) is 9.59 Å². The molecule has 26 heavy (non-hydrogen) atoms. The first-order valence-electron chi connectivity index (χ1n) is 8.41. The number of nitrogens with one attached hydrogen (secondary N) is 1. The Kier molecular flexibility index (Phi) is 5.11. The Morgan fingerprint density at radius 1 is 1.12 bits per heavy atom. The first kappa shape index (κ1) is 17.8. The summed E-state index contributed by atoms with van der Waals surface area (Å²) in [5, 5.41) is 2.86. The van der Waals surface area contributed by atoms with Gasteiger partial charge in [0.1, 0.15) is 11.5 Å². The molecule has 0 spiro atoms. The number of carbonyl (C=O) groups excluding carboxylic acids is 2. The molecule has 0 radical (unpaired) electrons. The first-order valence-corrected chi connectivity index (χ1v) is 8.41. The van der Waals surface area contributed by atoms with Crippen LogP contribution in [-0.4, -0.2) is 32.6 Å². The van der Waals surface area contributed by atoms with Crippen LogP contribution in [0.4, 0.5) is 11.4 Å². The molecule has 1 aliphatic heterocycles. The van der Waals surface area contributed by atoms with Gasteiger partial charge in [0.2, 0.25) is 11.8 Å². The fraction of sp³-hybridized carbons (Fsp3) is 0.300. The minimum atomic E-state index is -0.417. The third-order valence-electron chi connectivity index (χ3n) is 4.51. The second kappa shape index (κ2) is 7.47. The summed E-state index contributed by atoms with van der Waals surface area (Å²) in [4.78, 5) is 26.7. The van der Waals surface area contributed by atoms with E-state index in [1.807, 2.05) is 31.2 Å². The van der Waals surface area contributed by atoms with Crippen molar-refractivity contribution >= 4 is 23.2 Å². The van der Waals surface area contributed by atoms with Crippen molar-refractivity contribution in [1.82, 2.24) is 0 Å². The van der Waals surface area contributed by atoms with Crippen LogP contribution in [0.5, 0.6) is 11.5 Å². The lowest BCUT2D eigenvalue weighted by atomic mass is 10.1. The van der Waals surface area contributed by atoms with E-state index >= 15 is 0 Å². The van der Waals surface area contributed by atoms with E-state index in [0.29, 0.717) is 23.7 Å². The van der Waals surface area contributed by atoms with Gasteiger partial charge in [-0.15, -0.1) is 0 Å². The molecule has 0 saturated carbocycles. The number of ether oxygens (including phenoxy) is 2. The number of hydrogen-bond acceptors (Lipinski definition) is 4. The molecular formula is C20H22N2O4. The largest absolute Gasteiger partial charge is 0.497 e. The van der Waals surface area contributed by atoms with Gasteiger partial charge >= 0.3 is 0 Å². The standard InChI is InChI=1S/C20H22N2O4/c1-13-4-6-15(7-5-13)22-12-14(10-19(22)23)20(24)21-17-11-16(25-2)8-9-18(17)26-3/h4-9,11,14H,10,12H2,1-3H3,(H,21,24)/t14-/m1/s1. The molecule has 1 heterocycles. The number of anilines is 2. The van der Waals surface area contributed by atoms with Crippen LogP contribution in [-0.2, 0) is 9.59 Å². The fourth-order valence-corrected chi connectivity index (χ4v) is 3.00. The lowest BCUT2D eigenvalue weighted by molar-refractivity contribution is -0.122. The molecule has 0 bridgehead atoms. The maximum absolute atomic E-state index is 12.7. The van der Waals surface area contributed by atoms with Crippen molar-refractivity contribution in [2.45, 2.75) is 13.3 Å². The summed E-state index contributed by atoms with van der Waals surface area (Å²) < 4.78 is 10.5. The smallest absolute Gasteiger partial charge is 0.229 e.